The number of aryl methyl sites for hydroxylation is 1. The zero-order chi connectivity index (χ0) is 17.1. The largest absolute Gasteiger partial charge is 0.487 e. The number of carbonyl (C=O) groups is 1. The molecule has 0 atom stereocenters. The van der Waals surface area contributed by atoms with E-state index in [9.17, 15) is 20.0 Å². The first-order valence-electron chi connectivity index (χ1n) is 6.33. The van der Waals surface area contributed by atoms with Crippen LogP contribution in [-0.4, -0.2) is 32.2 Å². The Hall–Kier alpha value is -1.94. The van der Waals surface area contributed by atoms with E-state index < -0.39 is 10.9 Å². The van der Waals surface area contributed by atoms with Gasteiger partial charge >= 0.3 is 11.8 Å². The van der Waals surface area contributed by atoms with Crippen LogP contribution in [0.15, 0.2) is 27.3 Å². The monoisotopic (exact) mass is 447 g/mol. The van der Waals surface area contributed by atoms with E-state index in [2.05, 4.69) is 36.8 Å². The molecular weight excluding hydrogens is 438 g/mol. The van der Waals surface area contributed by atoms with Gasteiger partial charge in [0.25, 0.3) is 0 Å². The molecule has 8 nitrogen and oxygen atoms in total. The Labute approximate surface area is 147 Å². The highest BCUT2D eigenvalue weighted by Crippen LogP contribution is 2.33. The lowest BCUT2D eigenvalue weighted by Gasteiger charge is -2.11. The number of nitro groups is 1. The lowest BCUT2D eigenvalue weighted by Crippen LogP contribution is -2.13. The summed E-state index contributed by atoms with van der Waals surface area (Å²) in [6.45, 7) is 1.87. The van der Waals surface area contributed by atoms with Crippen molar-refractivity contribution >= 4 is 43.6 Å². The standard InChI is InChI=1S/C13H11Br2N3O5/c1-7-16-6-11(18(21)22)17(7)2-3-23-12-9(13(19)20)4-8(14)5-10(12)15/h4-6H,2-3H2,1H3,(H,19,20). The summed E-state index contributed by atoms with van der Waals surface area (Å²) in [6, 6.07) is 3.08. The van der Waals surface area contributed by atoms with Gasteiger partial charge in [-0.25, -0.2) is 14.3 Å². The molecule has 2 aromatic rings. The van der Waals surface area contributed by atoms with E-state index in [0.29, 0.717) is 14.8 Å². The van der Waals surface area contributed by atoms with Crippen LogP contribution in [0.5, 0.6) is 5.75 Å². The quantitative estimate of drug-likeness (QED) is 0.535. The fourth-order valence-corrected chi connectivity index (χ4v) is 3.32. The van der Waals surface area contributed by atoms with Gasteiger partial charge in [-0.2, -0.15) is 0 Å². The topological polar surface area (TPSA) is 107 Å². The predicted molar refractivity (Wildman–Crippen MR) is 87.9 cm³/mol. The average molecular weight is 449 g/mol. The Bertz CT molecular complexity index is 775. The number of ether oxygens (including phenoxy) is 1. The first kappa shape index (κ1) is 17.4. The van der Waals surface area contributed by atoms with Crippen molar-refractivity contribution in [3.63, 3.8) is 0 Å². The summed E-state index contributed by atoms with van der Waals surface area (Å²) in [6.07, 6.45) is 1.17. The Kier molecular flexibility index (Phi) is 5.37. The van der Waals surface area contributed by atoms with Crippen LogP contribution in [-0.2, 0) is 6.54 Å². The van der Waals surface area contributed by atoms with Crippen LogP contribution in [0.3, 0.4) is 0 Å². The van der Waals surface area contributed by atoms with E-state index in [1.54, 1.807) is 13.0 Å². The van der Waals surface area contributed by atoms with Crippen LogP contribution in [0.1, 0.15) is 16.2 Å². The minimum atomic E-state index is -1.13. The second-order valence-electron chi connectivity index (χ2n) is 4.49. The van der Waals surface area contributed by atoms with Crippen molar-refractivity contribution in [3.05, 3.63) is 48.8 Å². The fourth-order valence-electron chi connectivity index (χ4n) is 1.98. The number of halogens is 2. The predicted octanol–water partition coefficient (Wildman–Crippen LogP) is 3.40. The van der Waals surface area contributed by atoms with Gasteiger partial charge in [0.15, 0.2) is 5.82 Å². The zero-order valence-electron chi connectivity index (χ0n) is 11.8. The lowest BCUT2D eigenvalue weighted by atomic mass is 10.2. The molecule has 0 saturated carbocycles. The van der Waals surface area contributed by atoms with Crippen molar-refractivity contribution in [2.45, 2.75) is 13.5 Å². The van der Waals surface area contributed by atoms with Gasteiger partial charge in [-0.05, 0) is 33.0 Å². The second kappa shape index (κ2) is 7.09. The maximum absolute atomic E-state index is 11.3. The van der Waals surface area contributed by atoms with Crippen LogP contribution in [0.2, 0.25) is 0 Å². The number of benzene rings is 1. The average Bonchev–Trinajstić information content (AvgIpc) is 2.82. The minimum absolute atomic E-state index is 0.0110. The molecule has 0 aliphatic rings. The van der Waals surface area contributed by atoms with Crippen molar-refractivity contribution in [1.82, 2.24) is 9.55 Å². The minimum Gasteiger partial charge on any atom is -0.487 e. The molecule has 0 aliphatic heterocycles. The molecule has 0 amide bonds. The summed E-state index contributed by atoms with van der Waals surface area (Å²) in [7, 11) is 0. The number of hydrogen-bond acceptors (Lipinski definition) is 5. The summed E-state index contributed by atoms with van der Waals surface area (Å²) < 4.78 is 7.99. The molecular formula is C13H11Br2N3O5. The van der Waals surface area contributed by atoms with Gasteiger partial charge in [-0.3, -0.25) is 0 Å². The highest BCUT2D eigenvalue weighted by molar-refractivity contribution is 9.11. The first-order valence-corrected chi connectivity index (χ1v) is 7.91. The van der Waals surface area contributed by atoms with Gasteiger partial charge in [-0.15, -0.1) is 0 Å². The molecule has 0 fully saturated rings. The van der Waals surface area contributed by atoms with Crippen molar-refractivity contribution in [3.8, 4) is 5.75 Å². The summed E-state index contributed by atoms with van der Waals surface area (Å²) in [5.41, 5.74) is -0.0110. The molecule has 0 saturated heterocycles. The van der Waals surface area contributed by atoms with Gasteiger partial charge in [0.1, 0.15) is 30.7 Å². The molecule has 1 aromatic carbocycles. The Morgan fingerprint density at radius 2 is 2.17 bits per heavy atom. The van der Waals surface area contributed by atoms with Crippen molar-refractivity contribution in [1.29, 1.82) is 0 Å². The highest BCUT2D eigenvalue weighted by atomic mass is 79.9. The van der Waals surface area contributed by atoms with E-state index in [4.69, 9.17) is 4.74 Å². The molecule has 0 radical (unpaired) electrons. The van der Waals surface area contributed by atoms with Crippen LogP contribution >= 0.6 is 31.9 Å². The van der Waals surface area contributed by atoms with Crippen molar-refractivity contribution in [2.75, 3.05) is 6.61 Å². The molecule has 0 spiro atoms. The zero-order valence-corrected chi connectivity index (χ0v) is 15.0. The highest BCUT2D eigenvalue weighted by Gasteiger charge is 2.19. The third-order valence-corrected chi connectivity index (χ3v) is 4.07. The number of rotatable bonds is 6. The fraction of sp³-hybridized carbons (Fsp3) is 0.231. The molecule has 1 aromatic heterocycles. The number of carboxylic acids is 1. The number of aromatic nitrogens is 2. The van der Waals surface area contributed by atoms with E-state index >= 15 is 0 Å². The van der Waals surface area contributed by atoms with Crippen molar-refractivity contribution < 1.29 is 19.6 Å². The summed E-state index contributed by atoms with van der Waals surface area (Å²) >= 11 is 6.47. The van der Waals surface area contributed by atoms with E-state index in [1.807, 2.05) is 0 Å². The van der Waals surface area contributed by atoms with Gasteiger partial charge in [0.05, 0.1) is 4.47 Å². The lowest BCUT2D eigenvalue weighted by molar-refractivity contribution is -0.392. The van der Waals surface area contributed by atoms with Gasteiger partial charge in [0.2, 0.25) is 0 Å². The molecule has 2 rings (SSSR count). The molecule has 0 aliphatic carbocycles. The number of imidazole rings is 1. The van der Waals surface area contributed by atoms with Crippen LogP contribution in [0, 0.1) is 17.0 Å². The summed E-state index contributed by atoms with van der Waals surface area (Å²) in [5, 5.41) is 20.1. The normalized spacial score (nSPS) is 10.6. The molecule has 0 unspecified atom stereocenters. The number of carboxylic acid groups (broad SMARTS) is 1. The third-order valence-electron chi connectivity index (χ3n) is 3.02. The van der Waals surface area contributed by atoms with E-state index in [1.165, 1.54) is 16.8 Å². The van der Waals surface area contributed by atoms with Crippen molar-refractivity contribution in [2.24, 2.45) is 0 Å². The summed E-state index contributed by atoms with van der Waals surface area (Å²) in [4.78, 5) is 25.6. The SMILES string of the molecule is Cc1ncc([N+](=O)[O-])n1CCOc1c(Br)cc(Br)cc1C(=O)O. The molecule has 1 heterocycles. The maximum Gasteiger partial charge on any atom is 0.342 e. The smallest absolute Gasteiger partial charge is 0.342 e. The van der Waals surface area contributed by atoms with Gasteiger partial charge in [-0.1, -0.05) is 15.9 Å². The number of hydrogen-bond donors (Lipinski definition) is 1. The van der Waals surface area contributed by atoms with Crippen LogP contribution in [0.4, 0.5) is 5.82 Å². The van der Waals surface area contributed by atoms with E-state index in [0.717, 1.165) is 0 Å². The maximum atomic E-state index is 11.3. The molecule has 1 N–H and O–H groups in total. The number of nitrogens with zero attached hydrogens (tertiary/aromatic N) is 3. The summed E-state index contributed by atoms with van der Waals surface area (Å²) in [5.74, 6) is -0.624. The van der Waals surface area contributed by atoms with Crippen LogP contribution in [0.25, 0.3) is 0 Å². The van der Waals surface area contributed by atoms with Gasteiger partial charge in [0, 0.05) is 11.4 Å². The Morgan fingerprint density at radius 3 is 2.78 bits per heavy atom. The molecule has 10 heteroatoms. The molecule has 23 heavy (non-hydrogen) atoms. The van der Waals surface area contributed by atoms with E-state index in [-0.39, 0.29) is 30.3 Å². The first-order chi connectivity index (χ1) is 10.8. The molecule has 0 bridgehead atoms. The Morgan fingerprint density at radius 1 is 1.48 bits per heavy atom. The van der Waals surface area contributed by atoms with Gasteiger partial charge < -0.3 is 20.0 Å². The van der Waals surface area contributed by atoms with Crippen LogP contribution < -0.4 is 4.74 Å². The Balaban J connectivity index is 2.18. The number of aromatic carboxylic acids is 1. The third kappa shape index (κ3) is 3.88. The molecule has 122 valence electrons. The second-order valence-corrected chi connectivity index (χ2v) is 6.26.